The van der Waals surface area contributed by atoms with Crippen molar-refractivity contribution in [2.75, 3.05) is 20.3 Å². The molecule has 0 heterocycles. The van der Waals surface area contributed by atoms with Gasteiger partial charge in [-0.3, -0.25) is 3.87 Å². The molecule has 0 radical (unpaired) electrons. The van der Waals surface area contributed by atoms with E-state index < -0.39 is 18.7 Å². The van der Waals surface area contributed by atoms with E-state index in [1.54, 1.807) is 19.6 Å². The molecule has 0 aromatic rings. The van der Waals surface area contributed by atoms with E-state index in [9.17, 15) is 8.42 Å². The Morgan fingerprint density at radius 3 is 2.08 bits per heavy atom. The molecule has 0 aliphatic heterocycles. The fraction of sp³-hybridized carbons (Fsp3) is 1.00. The summed E-state index contributed by atoms with van der Waals surface area (Å²) in [4.78, 5) is 0. The summed E-state index contributed by atoms with van der Waals surface area (Å²) in [7, 11) is -4.47. The zero-order chi connectivity index (χ0) is 10.5. The molecule has 0 saturated carbocycles. The highest BCUT2D eigenvalue weighted by Crippen LogP contribution is 2.09. The monoisotopic (exact) mass is 228 g/mol. The van der Waals surface area contributed by atoms with Crippen molar-refractivity contribution in [2.45, 2.75) is 19.6 Å². The maximum atomic E-state index is 11.1. The molecule has 5 nitrogen and oxygen atoms in total. The molecule has 0 spiro atoms. The maximum absolute atomic E-state index is 11.1. The Morgan fingerprint density at radius 1 is 1.15 bits per heavy atom. The number of ether oxygens (including phenoxy) is 1. The first kappa shape index (κ1) is 13.0. The molecule has 0 aliphatic rings. The number of hydrogen-bond acceptors (Lipinski definition) is 5. The molecule has 0 rings (SSSR count). The van der Waals surface area contributed by atoms with Gasteiger partial charge in [0.2, 0.25) is 8.32 Å². The molecule has 0 aliphatic carbocycles. The Labute approximate surface area is 80.5 Å². The number of hydrogen-bond donors (Lipinski definition) is 0. The first-order chi connectivity index (χ1) is 5.77. The Bertz CT molecular complexity index is 230. The van der Waals surface area contributed by atoms with Crippen LogP contribution in [0.25, 0.3) is 0 Å². The van der Waals surface area contributed by atoms with Gasteiger partial charge in [-0.1, -0.05) is 0 Å². The minimum absolute atomic E-state index is 0.0106. The summed E-state index contributed by atoms with van der Waals surface area (Å²) in [6, 6.07) is 0. The lowest BCUT2D eigenvalue weighted by atomic mass is 10.8. The second-order valence-electron chi connectivity index (χ2n) is 3.42. The first-order valence-electron chi connectivity index (χ1n) is 3.86. The predicted octanol–water partition coefficient (Wildman–Crippen LogP) is 0.746. The quantitative estimate of drug-likeness (QED) is 0.496. The van der Waals surface area contributed by atoms with E-state index in [-0.39, 0.29) is 13.2 Å². The van der Waals surface area contributed by atoms with Crippen molar-refractivity contribution >= 4 is 18.7 Å². The molecule has 0 amide bonds. The average Bonchev–Trinajstić information content (AvgIpc) is 1.81. The second kappa shape index (κ2) is 5.06. The van der Waals surface area contributed by atoms with Crippen LogP contribution in [-0.2, 0) is 23.2 Å². The van der Waals surface area contributed by atoms with E-state index in [2.05, 4.69) is 8.92 Å². The molecule has 0 unspecified atom stereocenters. The molecular formula is C6H16O5SSi. The fourth-order valence-corrected chi connectivity index (χ4v) is 3.46. The van der Waals surface area contributed by atoms with E-state index in [0.29, 0.717) is 0 Å². The van der Waals surface area contributed by atoms with Crippen LogP contribution in [0.3, 0.4) is 0 Å². The minimum Gasteiger partial charge on any atom is -0.382 e. The molecular weight excluding hydrogens is 212 g/mol. The number of methoxy groups -OCH3 is 1. The van der Waals surface area contributed by atoms with E-state index in [1.165, 1.54) is 7.11 Å². The third-order valence-corrected chi connectivity index (χ3v) is 4.14. The van der Waals surface area contributed by atoms with Crippen LogP contribution in [0.1, 0.15) is 0 Å². The summed E-state index contributed by atoms with van der Waals surface area (Å²) in [5.41, 5.74) is 0. The molecule has 7 heteroatoms. The van der Waals surface area contributed by atoms with Crippen LogP contribution in [0.4, 0.5) is 0 Å². The van der Waals surface area contributed by atoms with Gasteiger partial charge >= 0.3 is 10.4 Å². The number of rotatable bonds is 6. The van der Waals surface area contributed by atoms with Gasteiger partial charge in [-0.15, -0.1) is 0 Å². The molecule has 0 fully saturated rings. The van der Waals surface area contributed by atoms with Gasteiger partial charge < -0.3 is 4.74 Å². The van der Waals surface area contributed by atoms with Gasteiger partial charge in [-0.25, -0.2) is 4.18 Å². The zero-order valence-electron chi connectivity index (χ0n) is 8.36. The van der Waals surface area contributed by atoms with Crippen molar-refractivity contribution in [1.82, 2.24) is 0 Å². The topological polar surface area (TPSA) is 61.8 Å². The second-order valence-corrected chi connectivity index (χ2v) is 9.36. The molecule has 0 aromatic heterocycles. The lowest BCUT2D eigenvalue weighted by Gasteiger charge is -2.15. The maximum Gasteiger partial charge on any atom is 0.390 e. The Balaban J connectivity index is 3.96. The Kier molecular flexibility index (Phi) is 5.08. The van der Waals surface area contributed by atoms with E-state index in [4.69, 9.17) is 3.87 Å². The molecule has 13 heavy (non-hydrogen) atoms. The van der Waals surface area contributed by atoms with Crippen LogP contribution in [0, 0.1) is 0 Å². The Morgan fingerprint density at radius 2 is 1.69 bits per heavy atom. The van der Waals surface area contributed by atoms with Gasteiger partial charge in [0.15, 0.2) is 0 Å². The zero-order valence-corrected chi connectivity index (χ0v) is 10.2. The lowest BCUT2D eigenvalue weighted by Crippen LogP contribution is -2.30. The van der Waals surface area contributed by atoms with Crippen LogP contribution >= 0.6 is 0 Å². The molecule has 80 valence electrons. The van der Waals surface area contributed by atoms with Crippen molar-refractivity contribution in [1.29, 1.82) is 0 Å². The van der Waals surface area contributed by atoms with Crippen LogP contribution in [0.2, 0.25) is 19.6 Å². The highest BCUT2D eigenvalue weighted by molar-refractivity contribution is 7.83. The lowest BCUT2D eigenvalue weighted by molar-refractivity contribution is 0.141. The van der Waals surface area contributed by atoms with Gasteiger partial charge in [-0.2, -0.15) is 8.42 Å². The van der Waals surface area contributed by atoms with Crippen molar-refractivity contribution in [3.63, 3.8) is 0 Å². The largest absolute Gasteiger partial charge is 0.390 e. The van der Waals surface area contributed by atoms with Crippen LogP contribution in [-0.4, -0.2) is 37.1 Å². The minimum atomic E-state index is -3.83. The van der Waals surface area contributed by atoms with E-state index >= 15 is 0 Å². The van der Waals surface area contributed by atoms with Crippen molar-refractivity contribution in [2.24, 2.45) is 0 Å². The Hall–Kier alpha value is 0.0469. The highest BCUT2D eigenvalue weighted by Gasteiger charge is 2.24. The average molecular weight is 228 g/mol. The molecule has 0 aromatic carbocycles. The van der Waals surface area contributed by atoms with Gasteiger partial charge in [0.25, 0.3) is 0 Å². The summed E-state index contributed by atoms with van der Waals surface area (Å²) in [5.74, 6) is 0. The van der Waals surface area contributed by atoms with Gasteiger partial charge in [0, 0.05) is 7.11 Å². The summed E-state index contributed by atoms with van der Waals surface area (Å²) in [6.07, 6.45) is 0. The SMILES string of the molecule is COCCOS(=O)(=O)O[Si](C)(C)C. The van der Waals surface area contributed by atoms with Crippen LogP contribution in [0.15, 0.2) is 0 Å². The van der Waals surface area contributed by atoms with Crippen molar-refractivity contribution in [3.8, 4) is 0 Å². The smallest absolute Gasteiger partial charge is 0.382 e. The standard InChI is InChI=1S/C6H16O5SSi/c1-9-5-6-10-12(7,8)11-13(2,3)4/h5-6H2,1-4H3. The third kappa shape index (κ3) is 8.38. The van der Waals surface area contributed by atoms with Gasteiger partial charge in [0.1, 0.15) is 0 Å². The summed E-state index contributed by atoms with van der Waals surface area (Å²) < 4.78 is 36.1. The summed E-state index contributed by atoms with van der Waals surface area (Å²) >= 11 is 0. The van der Waals surface area contributed by atoms with Crippen molar-refractivity contribution in [3.05, 3.63) is 0 Å². The fourth-order valence-electron chi connectivity index (χ4n) is 0.550. The third-order valence-electron chi connectivity index (χ3n) is 0.867. The van der Waals surface area contributed by atoms with E-state index in [0.717, 1.165) is 0 Å². The predicted molar refractivity (Wildman–Crippen MR) is 51.2 cm³/mol. The summed E-state index contributed by atoms with van der Waals surface area (Å²) in [6.45, 7) is 5.52. The molecule has 0 saturated heterocycles. The molecule has 0 atom stereocenters. The summed E-state index contributed by atoms with van der Waals surface area (Å²) in [5, 5.41) is 0. The highest BCUT2D eigenvalue weighted by atomic mass is 32.3. The van der Waals surface area contributed by atoms with E-state index in [1.807, 2.05) is 0 Å². The van der Waals surface area contributed by atoms with Gasteiger partial charge in [0.05, 0.1) is 13.2 Å². The molecule has 0 bridgehead atoms. The molecule has 0 N–H and O–H groups in total. The normalized spacial score (nSPS) is 13.2. The van der Waals surface area contributed by atoms with Gasteiger partial charge in [-0.05, 0) is 19.6 Å². The van der Waals surface area contributed by atoms with Crippen LogP contribution in [0.5, 0.6) is 0 Å². The van der Waals surface area contributed by atoms with Crippen LogP contribution < -0.4 is 0 Å². The van der Waals surface area contributed by atoms with Crippen molar-refractivity contribution < 1.29 is 21.2 Å². The first-order valence-corrected chi connectivity index (χ1v) is 8.60.